The average molecular weight is 476 g/mol. The lowest BCUT2D eigenvalue weighted by Gasteiger charge is -2.20. The predicted octanol–water partition coefficient (Wildman–Crippen LogP) is 5.11. The molecule has 0 aliphatic carbocycles. The first-order valence-corrected chi connectivity index (χ1v) is 11.1. The highest BCUT2D eigenvalue weighted by atomic mass is 19.1. The van der Waals surface area contributed by atoms with Gasteiger partial charge in [0.05, 0.1) is 11.8 Å². The van der Waals surface area contributed by atoms with E-state index in [1.165, 1.54) is 18.3 Å². The number of aryl methyl sites for hydroxylation is 1. The van der Waals surface area contributed by atoms with E-state index < -0.39 is 17.2 Å². The number of halogens is 2. The van der Waals surface area contributed by atoms with Crippen LogP contribution in [-0.4, -0.2) is 33.2 Å². The molecule has 4 rings (SSSR count). The molecular weight excluding hydrogens is 448 g/mol. The van der Waals surface area contributed by atoms with Crippen LogP contribution < -0.4 is 10.6 Å². The molecule has 0 amide bonds. The SMILES string of the molecule is Cn1cc(C2=CN/C(=C(\C=N)c3cc(NCC(C)(C)O)cc(-c4ccc(F)cc4F)c3)C=C2)cn1. The Morgan fingerprint density at radius 2 is 1.97 bits per heavy atom. The highest BCUT2D eigenvalue weighted by Crippen LogP contribution is 2.32. The van der Waals surface area contributed by atoms with Crippen molar-refractivity contribution in [3.63, 3.8) is 0 Å². The van der Waals surface area contributed by atoms with E-state index in [1.807, 2.05) is 37.7 Å². The zero-order valence-electron chi connectivity index (χ0n) is 19.7. The fourth-order valence-electron chi connectivity index (χ4n) is 3.74. The fourth-order valence-corrected chi connectivity index (χ4v) is 3.74. The number of aromatic nitrogens is 2. The lowest BCUT2D eigenvalue weighted by atomic mass is 9.95. The van der Waals surface area contributed by atoms with Crippen molar-refractivity contribution in [1.82, 2.24) is 15.1 Å². The van der Waals surface area contributed by atoms with Gasteiger partial charge in [0.25, 0.3) is 0 Å². The number of aliphatic hydroxyl groups is 1. The third-order valence-corrected chi connectivity index (χ3v) is 5.50. The van der Waals surface area contributed by atoms with Crippen LogP contribution in [0.3, 0.4) is 0 Å². The van der Waals surface area contributed by atoms with Gasteiger partial charge in [-0.25, -0.2) is 8.78 Å². The molecule has 180 valence electrons. The van der Waals surface area contributed by atoms with Gasteiger partial charge >= 0.3 is 0 Å². The smallest absolute Gasteiger partial charge is 0.133 e. The summed E-state index contributed by atoms with van der Waals surface area (Å²) < 4.78 is 29.9. The van der Waals surface area contributed by atoms with Crippen LogP contribution in [-0.2, 0) is 7.05 Å². The Hall–Kier alpha value is -4.04. The Kier molecular flexibility index (Phi) is 6.66. The molecule has 0 saturated heterocycles. The van der Waals surface area contributed by atoms with E-state index >= 15 is 0 Å². The van der Waals surface area contributed by atoms with E-state index in [0.717, 1.165) is 17.2 Å². The van der Waals surface area contributed by atoms with Crippen LogP contribution in [0.15, 0.2) is 72.8 Å². The minimum atomic E-state index is -0.971. The number of allylic oxidation sites excluding steroid dienone is 4. The second kappa shape index (κ2) is 9.68. The van der Waals surface area contributed by atoms with Crippen LogP contribution in [0, 0.1) is 17.0 Å². The number of nitrogens with zero attached hydrogens (tertiary/aromatic N) is 2. The standard InChI is InChI=1S/C27H27F2N5O/c1-27(2,35)16-32-22-9-18(23-6-5-21(28)11-25(23)29)8-19(10-22)24(12-30)26-7-4-17(13-31-26)20-14-33-34(3)15-20/h4-15,30-32,35H,16H2,1-3H3/b26-24+,30-12?. The minimum absolute atomic E-state index is 0.236. The summed E-state index contributed by atoms with van der Waals surface area (Å²) in [7, 11) is 1.85. The van der Waals surface area contributed by atoms with Gasteiger partial charge in [-0.2, -0.15) is 5.10 Å². The molecule has 0 bridgehead atoms. The molecule has 0 fully saturated rings. The first kappa shape index (κ1) is 24.1. The topological polar surface area (TPSA) is 86.0 Å². The van der Waals surface area contributed by atoms with Gasteiger partial charge in [0.15, 0.2) is 0 Å². The van der Waals surface area contributed by atoms with Crippen molar-refractivity contribution in [2.24, 2.45) is 7.05 Å². The molecule has 4 N–H and O–H groups in total. The van der Waals surface area contributed by atoms with Crippen molar-refractivity contribution in [3.8, 4) is 11.1 Å². The molecule has 2 aromatic carbocycles. The normalized spacial score (nSPS) is 14.9. The molecule has 0 saturated carbocycles. The first-order valence-electron chi connectivity index (χ1n) is 11.1. The summed E-state index contributed by atoms with van der Waals surface area (Å²) in [5.74, 6) is -1.34. The van der Waals surface area contributed by atoms with Gasteiger partial charge in [0.1, 0.15) is 11.6 Å². The Labute approximate surface area is 202 Å². The minimum Gasteiger partial charge on any atom is -0.389 e. The fraction of sp³-hybridized carbons (Fsp3) is 0.185. The van der Waals surface area contributed by atoms with Crippen molar-refractivity contribution in [2.75, 3.05) is 11.9 Å². The molecule has 2 heterocycles. The lowest BCUT2D eigenvalue weighted by Crippen LogP contribution is -2.29. The van der Waals surface area contributed by atoms with Crippen LogP contribution in [0.4, 0.5) is 14.5 Å². The van der Waals surface area contributed by atoms with Crippen LogP contribution in [0.25, 0.3) is 22.3 Å². The summed E-state index contributed by atoms with van der Waals surface area (Å²) in [4.78, 5) is 0. The number of anilines is 1. The van der Waals surface area contributed by atoms with Gasteiger partial charge in [-0.3, -0.25) is 4.68 Å². The van der Waals surface area contributed by atoms with Crippen molar-refractivity contribution in [1.29, 1.82) is 5.41 Å². The van der Waals surface area contributed by atoms with Gasteiger partial charge in [-0.05, 0) is 61.4 Å². The van der Waals surface area contributed by atoms with Crippen LogP contribution in [0.2, 0.25) is 0 Å². The van der Waals surface area contributed by atoms with E-state index in [0.29, 0.717) is 28.1 Å². The zero-order valence-corrected chi connectivity index (χ0v) is 19.7. The van der Waals surface area contributed by atoms with Crippen LogP contribution >= 0.6 is 0 Å². The molecule has 6 nitrogen and oxygen atoms in total. The molecular formula is C27H27F2N5O. The molecule has 3 aromatic rings. The van der Waals surface area contributed by atoms with Crippen LogP contribution in [0.1, 0.15) is 25.0 Å². The largest absolute Gasteiger partial charge is 0.389 e. The Morgan fingerprint density at radius 3 is 2.57 bits per heavy atom. The number of dihydropyridines is 1. The highest BCUT2D eigenvalue weighted by molar-refractivity contribution is 6.11. The monoisotopic (exact) mass is 475 g/mol. The van der Waals surface area contributed by atoms with Gasteiger partial charge in [-0.1, -0.05) is 6.08 Å². The maximum absolute atomic E-state index is 14.6. The maximum Gasteiger partial charge on any atom is 0.133 e. The second-order valence-corrected chi connectivity index (χ2v) is 9.04. The molecule has 0 spiro atoms. The summed E-state index contributed by atoms with van der Waals surface area (Å²) in [6.45, 7) is 3.62. The average Bonchev–Trinajstić information content (AvgIpc) is 3.24. The Balaban J connectivity index is 1.75. The summed E-state index contributed by atoms with van der Waals surface area (Å²) in [5.41, 5.74) is 4.25. The van der Waals surface area contributed by atoms with Gasteiger partial charge in [-0.15, -0.1) is 0 Å². The highest BCUT2D eigenvalue weighted by Gasteiger charge is 2.16. The third-order valence-electron chi connectivity index (χ3n) is 5.50. The number of hydrogen-bond donors (Lipinski definition) is 4. The number of hydrogen-bond acceptors (Lipinski definition) is 5. The molecule has 1 aromatic heterocycles. The zero-order chi connectivity index (χ0) is 25.2. The van der Waals surface area contributed by atoms with Crippen molar-refractivity contribution in [3.05, 3.63) is 95.6 Å². The summed E-state index contributed by atoms with van der Waals surface area (Å²) in [6.07, 6.45) is 10.6. The summed E-state index contributed by atoms with van der Waals surface area (Å²) in [6, 6.07) is 8.78. The van der Waals surface area contributed by atoms with Gasteiger partial charge in [0.2, 0.25) is 0 Å². The third kappa shape index (κ3) is 5.73. The number of rotatable bonds is 7. The maximum atomic E-state index is 14.6. The molecule has 1 aliphatic heterocycles. The number of nitrogens with one attached hydrogen (secondary N) is 3. The lowest BCUT2D eigenvalue weighted by molar-refractivity contribution is 0.0945. The molecule has 1 aliphatic rings. The number of benzene rings is 2. The van der Waals surface area contributed by atoms with Gasteiger partial charge < -0.3 is 21.1 Å². The van der Waals surface area contributed by atoms with Gasteiger partial charge in [0, 0.05) is 71.9 Å². The molecule has 0 atom stereocenters. The molecule has 0 radical (unpaired) electrons. The van der Waals surface area contributed by atoms with Crippen molar-refractivity contribution in [2.45, 2.75) is 19.4 Å². The summed E-state index contributed by atoms with van der Waals surface area (Å²) >= 11 is 0. The Bertz CT molecular complexity index is 1360. The van der Waals surface area contributed by atoms with E-state index in [-0.39, 0.29) is 12.1 Å². The van der Waals surface area contributed by atoms with E-state index in [9.17, 15) is 13.9 Å². The van der Waals surface area contributed by atoms with E-state index in [4.69, 9.17) is 5.41 Å². The van der Waals surface area contributed by atoms with E-state index in [1.54, 1.807) is 36.9 Å². The quantitative estimate of drug-likeness (QED) is 0.358. The second-order valence-electron chi connectivity index (χ2n) is 9.04. The van der Waals surface area contributed by atoms with Crippen LogP contribution in [0.5, 0.6) is 0 Å². The molecule has 8 heteroatoms. The first-order chi connectivity index (χ1) is 16.6. The molecule has 35 heavy (non-hydrogen) atoms. The summed E-state index contributed by atoms with van der Waals surface area (Å²) in [5, 5.41) is 28.8. The van der Waals surface area contributed by atoms with Crippen molar-refractivity contribution >= 4 is 23.0 Å². The van der Waals surface area contributed by atoms with Crippen molar-refractivity contribution < 1.29 is 13.9 Å². The Morgan fingerprint density at radius 1 is 1.17 bits per heavy atom. The molecule has 0 unspecified atom stereocenters. The van der Waals surface area contributed by atoms with E-state index in [2.05, 4.69) is 15.7 Å². The predicted molar refractivity (Wildman–Crippen MR) is 136 cm³/mol.